The summed E-state index contributed by atoms with van der Waals surface area (Å²) in [6, 6.07) is 4.66. The van der Waals surface area contributed by atoms with Crippen LogP contribution in [0.1, 0.15) is 62.5 Å². The Morgan fingerprint density at radius 2 is 1.83 bits per heavy atom. The molecule has 7 heteroatoms. The van der Waals surface area contributed by atoms with Crippen LogP contribution in [0.15, 0.2) is 30.4 Å². The molecule has 1 aromatic rings. The van der Waals surface area contributed by atoms with Gasteiger partial charge in [-0.15, -0.1) is 0 Å². The number of carboxylic acid groups (broad SMARTS) is 1. The Bertz CT molecular complexity index is 944. The standard InChI is InChI=1S/C29H46O6Si/c1-19(22(4)30)13-14-20(2)27-25(34-29(5,6)35-27)12-10-11-23-18-24(33-15-16-36(7,8)9)17-21(3)26(23)28(31)32/h10-11,13-14,17-20,22,25,27,30H,12,15-16H2,1-9H3,(H,31,32)/b11-10+,14-13-/t19-,20?,22+,25?,27?/m1/s1. The Hall–Kier alpha value is -1.93. The number of ether oxygens (including phenoxy) is 3. The molecular weight excluding hydrogens is 472 g/mol. The van der Waals surface area contributed by atoms with E-state index in [1.165, 1.54) is 0 Å². The number of aliphatic hydroxyl groups is 1. The number of benzene rings is 1. The van der Waals surface area contributed by atoms with E-state index >= 15 is 0 Å². The fourth-order valence-corrected chi connectivity index (χ4v) is 4.92. The summed E-state index contributed by atoms with van der Waals surface area (Å²) in [6.45, 7) is 19.0. The molecule has 0 spiro atoms. The van der Waals surface area contributed by atoms with E-state index in [4.69, 9.17) is 14.2 Å². The molecule has 6 nitrogen and oxygen atoms in total. The molecule has 3 unspecified atom stereocenters. The summed E-state index contributed by atoms with van der Waals surface area (Å²) < 4.78 is 18.4. The van der Waals surface area contributed by atoms with Crippen LogP contribution in [0.5, 0.6) is 5.75 Å². The quantitative estimate of drug-likeness (QED) is 0.241. The third-order valence-electron chi connectivity index (χ3n) is 6.56. The summed E-state index contributed by atoms with van der Waals surface area (Å²) in [7, 11) is -1.23. The van der Waals surface area contributed by atoms with Gasteiger partial charge in [-0.25, -0.2) is 4.79 Å². The molecule has 1 aromatic carbocycles. The Balaban J connectivity index is 2.20. The molecule has 1 aliphatic rings. The maximum Gasteiger partial charge on any atom is 0.336 e. The molecule has 2 N–H and O–H groups in total. The first kappa shape index (κ1) is 30.3. The van der Waals surface area contributed by atoms with Crippen molar-refractivity contribution < 1.29 is 29.2 Å². The molecule has 1 saturated heterocycles. The van der Waals surface area contributed by atoms with E-state index in [1.54, 1.807) is 19.9 Å². The number of carbonyl (C=O) groups is 1. The van der Waals surface area contributed by atoms with Gasteiger partial charge in [-0.05, 0) is 69.3 Å². The van der Waals surface area contributed by atoms with Crippen molar-refractivity contribution in [2.45, 2.75) is 97.7 Å². The van der Waals surface area contributed by atoms with Crippen LogP contribution < -0.4 is 4.74 Å². The number of aliphatic hydroxyl groups excluding tert-OH is 1. The third kappa shape index (κ3) is 9.18. The highest BCUT2D eigenvalue weighted by molar-refractivity contribution is 6.76. The van der Waals surface area contributed by atoms with Crippen molar-refractivity contribution in [1.29, 1.82) is 0 Å². The minimum absolute atomic E-state index is 0.0547. The van der Waals surface area contributed by atoms with E-state index in [9.17, 15) is 15.0 Å². The summed E-state index contributed by atoms with van der Waals surface area (Å²) in [5.41, 5.74) is 1.59. The first-order chi connectivity index (χ1) is 16.6. The lowest BCUT2D eigenvalue weighted by Gasteiger charge is -2.21. The van der Waals surface area contributed by atoms with Gasteiger partial charge < -0.3 is 24.4 Å². The zero-order valence-electron chi connectivity index (χ0n) is 23.5. The van der Waals surface area contributed by atoms with E-state index < -0.39 is 25.9 Å². The SMILES string of the molecule is Cc1cc(OCC[Si](C)(C)C)cc(/C=C/CC2OC(C)(C)OC2C(C)/C=C\[C@@H](C)[C@H](C)O)c1C(=O)O. The number of aromatic carboxylic acids is 1. The van der Waals surface area contributed by atoms with Crippen molar-refractivity contribution in [3.8, 4) is 5.75 Å². The number of carboxylic acids is 1. The first-order valence-electron chi connectivity index (χ1n) is 13.0. The molecule has 0 aromatic heterocycles. The second kappa shape index (κ2) is 12.5. The topological polar surface area (TPSA) is 85.2 Å². The minimum Gasteiger partial charge on any atom is -0.494 e. The van der Waals surface area contributed by atoms with Gasteiger partial charge in [-0.2, -0.15) is 0 Å². The highest BCUT2D eigenvalue weighted by atomic mass is 28.3. The molecule has 2 rings (SSSR count). The highest BCUT2D eigenvalue weighted by Gasteiger charge is 2.42. The average molecular weight is 519 g/mol. The minimum atomic E-state index is -1.23. The molecule has 202 valence electrons. The van der Waals surface area contributed by atoms with Crippen molar-refractivity contribution in [2.75, 3.05) is 6.61 Å². The van der Waals surface area contributed by atoms with Gasteiger partial charge >= 0.3 is 5.97 Å². The Morgan fingerprint density at radius 1 is 1.17 bits per heavy atom. The number of rotatable bonds is 12. The molecule has 1 heterocycles. The van der Waals surface area contributed by atoms with Gasteiger partial charge in [0.15, 0.2) is 5.79 Å². The maximum atomic E-state index is 12.0. The fraction of sp³-hybridized carbons (Fsp3) is 0.621. The monoisotopic (exact) mass is 518 g/mol. The predicted molar refractivity (Wildman–Crippen MR) is 148 cm³/mol. The van der Waals surface area contributed by atoms with Crippen molar-refractivity contribution in [3.05, 3.63) is 47.1 Å². The molecule has 0 bridgehead atoms. The maximum absolute atomic E-state index is 12.0. The normalized spacial score (nSPS) is 22.7. The lowest BCUT2D eigenvalue weighted by Crippen LogP contribution is -2.28. The molecule has 0 aliphatic carbocycles. The first-order valence-corrected chi connectivity index (χ1v) is 16.7. The zero-order chi connectivity index (χ0) is 27.3. The van der Waals surface area contributed by atoms with Crippen LogP contribution in [0.2, 0.25) is 25.7 Å². The molecule has 0 amide bonds. The van der Waals surface area contributed by atoms with Crippen LogP contribution in [-0.2, 0) is 9.47 Å². The van der Waals surface area contributed by atoms with E-state index in [0.29, 0.717) is 29.9 Å². The summed E-state index contributed by atoms with van der Waals surface area (Å²) in [4.78, 5) is 12.0. The predicted octanol–water partition coefficient (Wildman–Crippen LogP) is 6.54. The van der Waals surface area contributed by atoms with Crippen LogP contribution >= 0.6 is 0 Å². The Morgan fingerprint density at radius 3 is 2.42 bits per heavy atom. The molecule has 36 heavy (non-hydrogen) atoms. The lowest BCUT2D eigenvalue weighted by molar-refractivity contribution is -0.148. The molecule has 1 fully saturated rings. The van der Waals surface area contributed by atoms with E-state index in [2.05, 4.69) is 32.6 Å². The second-order valence-electron chi connectivity index (χ2n) is 11.8. The van der Waals surface area contributed by atoms with Crippen LogP contribution in [0.3, 0.4) is 0 Å². The van der Waals surface area contributed by atoms with Crippen molar-refractivity contribution in [2.24, 2.45) is 11.8 Å². The average Bonchev–Trinajstić information content (AvgIpc) is 3.04. The fourth-order valence-electron chi connectivity index (χ4n) is 4.20. The van der Waals surface area contributed by atoms with Crippen molar-refractivity contribution >= 4 is 20.1 Å². The summed E-state index contributed by atoms with van der Waals surface area (Å²) >= 11 is 0. The molecular formula is C29H46O6Si. The van der Waals surface area contributed by atoms with Gasteiger partial charge in [0.05, 0.1) is 30.5 Å². The lowest BCUT2D eigenvalue weighted by atomic mass is 9.94. The zero-order valence-corrected chi connectivity index (χ0v) is 24.5. The number of aryl methyl sites for hydroxylation is 1. The van der Waals surface area contributed by atoms with Crippen LogP contribution in [0.4, 0.5) is 0 Å². The summed E-state index contributed by atoms with van der Waals surface area (Å²) in [6.07, 6.45) is 7.75. The van der Waals surface area contributed by atoms with Crippen molar-refractivity contribution in [1.82, 2.24) is 0 Å². The van der Waals surface area contributed by atoms with Crippen molar-refractivity contribution in [3.63, 3.8) is 0 Å². The number of hydrogen-bond donors (Lipinski definition) is 2. The molecule has 5 atom stereocenters. The highest BCUT2D eigenvalue weighted by Crippen LogP contribution is 2.35. The molecule has 0 saturated carbocycles. The van der Waals surface area contributed by atoms with E-state index in [1.807, 2.05) is 45.1 Å². The summed E-state index contributed by atoms with van der Waals surface area (Å²) in [5, 5.41) is 19.6. The van der Waals surface area contributed by atoms with Gasteiger partial charge in [0.1, 0.15) is 5.75 Å². The largest absolute Gasteiger partial charge is 0.494 e. The summed E-state index contributed by atoms with van der Waals surface area (Å²) in [5.74, 6) is -0.814. The Kier molecular flexibility index (Phi) is 10.6. The third-order valence-corrected chi connectivity index (χ3v) is 8.26. The van der Waals surface area contributed by atoms with Crippen LogP contribution in [-0.4, -0.2) is 55.0 Å². The van der Waals surface area contributed by atoms with Gasteiger partial charge in [0.25, 0.3) is 0 Å². The van der Waals surface area contributed by atoms with Gasteiger partial charge in [0, 0.05) is 14.0 Å². The number of hydrogen-bond acceptors (Lipinski definition) is 5. The Labute approximate surface area is 218 Å². The second-order valence-corrected chi connectivity index (χ2v) is 17.4. The van der Waals surface area contributed by atoms with Crippen LogP contribution in [0, 0.1) is 18.8 Å². The van der Waals surface area contributed by atoms with Gasteiger partial charge in [0.2, 0.25) is 0 Å². The molecule has 1 aliphatic heterocycles. The molecule has 0 radical (unpaired) electrons. The van der Waals surface area contributed by atoms with Crippen LogP contribution in [0.25, 0.3) is 6.08 Å². The van der Waals surface area contributed by atoms with E-state index in [0.717, 1.165) is 6.04 Å². The van der Waals surface area contributed by atoms with Gasteiger partial charge in [-0.3, -0.25) is 0 Å². The van der Waals surface area contributed by atoms with Gasteiger partial charge in [-0.1, -0.05) is 57.8 Å². The smallest absolute Gasteiger partial charge is 0.336 e. The van der Waals surface area contributed by atoms with E-state index in [-0.39, 0.29) is 29.6 Å².